The first-order chi connectivity index (χ1) is 7.77. The molecule has 1 fully saturated rings. The second kappa shape index (κ2) is 8.37. The summed E-state index contributed by atoms with van der Waals surface area (Å²) in [5.41, 5.74) is 0. The molecule has 1 rings (SSSR count). The van der Waals surface area contributed by atoms with Gasteiger partial charge in [-0.25, -0.2) is 0 Å². The Morgan fingerprint density at radius 2 is 2.12 bits per heavy atom. The van der Waals surface area contributed by atoms with Crippen LogP contribution in [0, 0.1) is 5.92 Å². The van der Waals surface area contributed by atoms with Gasteiger partial charge in [-0.3, -0.25) is 0 Å². The summed E-state index contributed by atoms with van der Waals surface area (Å²) in [5, 5.41) is 13.5. The summed E-state index contributed by atoms with van der Waals surface area (Å²) in [5.74, 6) is 1.55. The lowest BCUT2D eigenvalue weighted by molar-refractivity contribution is 0.250. The van der Waals surface area contributed by atoms with Crippen molar-refractivity contribution in [1.29, 1.82) is 0 Å². The van der Waals surface area contributed by atoms with Gasteiger partial charge in [-0.15, -0.1) is 0 Å². The molecular weight excluding hydrogens is 218 g/mol. The molecule has 0 radical (unpaired) electrons. The van der Waals surface area contributed by atoms with E-state index in [4.69, 9.17) is 5.11 Å². The molecule has 0 aliphatic heterocycles. The molecule has 0 heterocycles. The quantitative estimate of drug-likeness (QED) is 0.723. The Hall–Kier alpha value is 0.270. The van der Waals surface area contributed by atoms with Crippen LogP contribution >= 0.6 is 11.8 Å². The van der Waals surface area contributed by atoms with Crippen LogP contribution in [0.3, 0.4) is 0 Å². The van der Waals surface area contributed by atoms with Crippen LogP contribution in [0.25, 0.3) is 0 Å². The van der Waals surface area contributed by atoms with E-state index in [1.165, 1.54) is 32.1 Å². The lowest BCUT2D eigenvalue weighted by atomic mass is 9.95. The van der Waals surface area contributed by atoms with Crippen LogP contribution < -0.4 is 5.32 Å². The van der Waals surface area contributed by atoms with Crippen molar-refractivity contribution in [2.75, 3.05) is 18.9 Å². The molecule has 0 aromatic heterocycles. The van der Waals surface area contributed by atoms with Gasteiger partial charge in [0.2, 0.25) is 0 Å². The Morgan fingerprint density at radius 1 is 1.38 bits per heavy atom. The molecular formula is C13H27NOS. The van der Waals surface area contributed by atoms with Gasteiger partial charge in [0.05, 0.1) is 0 Å². The molecule has 3 heteroatoms. The molecule has 1 aliphatic carbocycles. The van der Waals surface area contributed by atoms with E-state index in [9.17, 15) is 0 Å². The highest BCUT2D eigenvalue weighted by atomic mass is 32.2. The number of aliphatic hydroxyl groups excluding tert-OH is 1. The topological polar surface area (TPSA) is 32.3 Å². The van der Waals surface area contributed by atoms with Gasteiger partial charge < -0.3 is 10.4 Å². The number of nitrogens with one attached hydrogen (secondary N) is 1. The first-order valence-electron chi connectivity index (χ1n) is 6.73. The van der Waals surface area contributed by atoms with E-state index >= 15 is 0 Å². The third-order valence-corrected chi connectivity index (χ3v) is 5.02. The third kappa shape index (κ3) is 5.07. The third-order valence-electron chi connectivity index (χ3n) is 3.27. The zero-order valence-electron chi connectivity index (χ0n) is 10.7. The first-order valence-corrected chi connectivity index (χ1v) is 7.78. The van der Waals surface area contributed by atoms with E-state index in [2.05, 4.69) is 30.9 Å². The lowest BCUT2D eigenvalue weighted by Crippen LogP contribution is -2.41. The molecule has 96 valence electrons. The minimum absolute atomic E-state index is 0.326. The highest BCUT2D eigenvalue weighted by Gasteiger charge is 2.24. The number of aliphatic hydroxyl groups is 1. The molecule has 3 unspecified atom stereocenters. The van der Waals surface area contributed by atoms with Crippen molar-refractivity contribution >= 4 is 11.8 Å². The Morgan fingerprint density at radius 3 is 2.81 bits per heavy atom. The monoisotopic (exact) mass is 245 g/mol. The highest BCUT2D eigenvalue weighted by Crippen LogP contribution is 2.29. The van der Waals surface area contributed by atoms with Crippen LogP contribution in [0.1, 0.15) is 46.0 Å². The molecule has 0 spiro atoms. The smallest absolute Gasteiger partial charge is 0.0464 e. The minimum atomic E-state index is 0.326. The zero-order chi connectivity index (χ0) is 11.8. The number of hydrogen-bond acceptors (Lipinski definition) is 3. The molecule has 1 saturated carbocycles. The summed E-state index contributed by atoms with van der Waals surface area (Å²) in [6.07, 6.45) is 6.68. The van der Waals surface area contributed by atoms with E-state index in [0.29, 0.717) is 18.6 Å². The Labute approximate surface area is 105 Å². The molecule has 0 aromatic carbocycles. The SMILES string of the molecule is CCCNC1CCCCC1SCC(C)CO. The Kier molecular flexibility index (Phi) is 7.50. The van der Waals surface area contributed by atoms with Crippen molar-refractivity contribution in [1.82, 2.24) is 5.32 Å². The van der Waals surface area contributed by atoms with Gasteiger partial charge >= 0.3 is 0 Å². The van der Waals surface area contributed by atoms with Crippen molar-refractivity contribution in [2.45, 2.75) is 57.2 Å². The van der Waals surface area contributed by atoms with E-state index in [1.807, 2.05) is 0 Å². The van der Waals surface area contributed by atoms with Crippen LogP contribution in [-0.2, 0) is 0 Å². The Bertz CT molecular complexity index is 177. The van der Waals surface area contributed by atoms with Crippen LogP contribution in [-0.4, -0.2) is 35.3 Å². The van der Waals surface area contributed by atoms with Gasteiger partial charge in [-0.2, -0.15) is 11.8 Å². The van der Waals surface area contributed by atoms with Crippen molar-refractivity contribution in [3.63, 3.8) is 0 Å². The molecule has 0 bridgehead atoms. The van der Waals surface area contributed by atoms with Crippen molar-refractivity contribution in [3.05, 3.63) is 0 Å². The van der Waals surface area contributed by atoms with Gasteiger partial charge in [-0.05, 0) is 37.5 Å². The molecule has 0 saturated heterocycles. The molecule has 0 amide bonds. The van der Waals surface area contributed by atoms with Gasteiger partial charge in [0.15, 0.2) is 0 Å². The predicted octanol–water partition coefficient (Wildman–Crippen LogP) is 2.66. The second-order valence-corrected chi connectivity index (χ2v) is 6.28. The summed E-state index contributed by atoms with van der Waals surface area (Å²) in [4.78, 5) is 0. The summed E-state index contributed by atoms with van der Waals surface area (Å²) >= 11 is 2.07. The standard InChI is InChI=1S/C13H27NOS/c1-3-8-14-12-6-4-5-7-13(12)16-10-11(2)9-15/h11-15H,3-10H2,1-2H3. The fraction of sp³-hybridized carbons (Fsp3) is 1.00. The van der Waals surface area contributed by atoms with Crippen LogP contribution in [0.15, 0.2) is 0 Å². The fourth-order valence-corrected chi connectivity index (χ4v) is 3.68. The highest BCUT2D eigenvalue weighted by molar-refractivity contribution is 7.99. The van der Waals surface area contributed by atoms with E-state index in [1.54, 1.807) is 0 Å². The maximum atomic E-state index is 9.04. The fourth-order valence-electron chi connectivity index (χ4n) is 2.20. The average Bonchev–Trinajstić information content (AvgIpc) is 2.34. The molecule has 1 aliphatic rings. The zero-order valence-corrected chi connectivity index (χ0v) is 11.6. The lowest BCUT2D eigenvalue weighted by Gasteiger charge is -2.32. The normalized spacial score (nSPS) is 27.9. The first kappa shape index (κ1) is 14.3. The number of rotatable bonds is 7. The maximum Gasteiger partial charge on any atom is 0.0464 e. The van der Waals surface area contributed by atoms with Gasteiger partial charge in [0.1, 0.15) is 0 Å². The summed E-state index contributed by atoms with van der Waals surface area (Å²) in [6.45, 7) is 5.83. The van der Waals surface area contributed by atoms with Gasteiger partial charge in [-0.1, -0.05) is 26.7 Å². The Balaban J connectivity index is 2.28. The number of hydrogen-bond donors (Lipinski definition) is 2. The van der Waals surface area contributed by atoms with Gasteiger partial charge in [0, 0.05) is 17.9 Å². The molecule has 2 N–H and O–H groups in total. The molecule has 0 aromatic rings. The molecule has 2 nitrogen and oxygen atoms in total. The molecule has 16 heavy (non-hydrogen) atoms. The van der Waals surface area contributed by atoms with E-state index < -0.39 is 0 Å². The summed E-state index contributed by atoms with van der Waals surface area (Å²) < 4.78 is 0. The van der Waals surface area contributed by atoms with Gasteiger partial charge in [0.25, 0.3) is 0 Å². The average molecular weight is 245 g/mol. The van der Waals surface area contributed by atoms with Crippen molar-refractivity contribution in [2.24, 2.45) is 5.92 Å². The largest absolute Gasteiger partial charge is 0.396 e. The molecule has 3 atom stereocenters. The maximum absolute atomic E-state index is 9.04. The number of thioether (sulfide) groups is 1. The van der Waals surface area contributed by atoms with E-state index in [0.717, 1.165) is 17.5 Å². The van der Waals surface area contributed by atoms with Crippen LogP contribution in [0.5, 0.6) is 0 Å². The van der Waals surface area contributed by atoms with Crippen molar-refractivity contribution in [3.8, 4) is 0 Å². The van der Waals surface area contributed by atoms with Crippen LogP contribution in [0.4, 0.5) is 0 Å². The minimum Gasteiger partial charge on any atom is -0.396 e. The van der Waals surface area contributed by atoms with Crippen molar-refractivity contribution < 1.29 is 5.11 Å². The second-order valence-electron chi connectivity index (χ2n) is 5.00. The van der Waals surface area contributed by atoms with Crippen LogP contribution in [0.2, 0.25) is 0 Å². The van der Waals surface area contributed by atoms with E-state index in [-0.39, 0.29) is 0 Å². The summed E-state index contributed by atoms with van der Waals surface area (Å²) in [6, 6.07) is 0.713. The summed E-state index contributed by atoms with van der Waals surface area (Å²) in [7, 11) is 0. The predicted molar refractivity (Wildman–Crippen MR) is 73.0 cm³/mol.